The van der Waals surface area contributed by atoms with Gasteiger partial charge in [0.15, 0.2) is 17.8 Å². The van der Waals surface area contributed by atoms with Gasteiger partial charge in [-0.25, -0.2) is 9.78 Å². The Balaban J connectivity index is 2.14. The fourth-order valence-corrected chi connectivity index (χ4v) is 2.41. The zero-order valence-electron chi connectivity index (χ0n) is 10.8. The van der Waals surface area contributed by atoms with Crippen LogP contribution in [0.15, 0.2) is 27.4 Å². The van der Waals surface area contributed by atoms with Crippen LogP contribution in [-0.4, -0.2) is 22.1 Å². The summed E-state index contributed by atoms with van der Waals surface area (Å²) < 4.78 is 6.28. The van der Waals surface area contributed by atoms with Crippen LogP contribution in [0.3, 0.4) is 0 Å². The number of benzene rings is 1. The van der Waals surface area contributed by atoms with Gasteiger partial charge in [0.2, 0.25) is 0 Å². The number of nitrogens with one attached hydrogen (secondary N) is 1. The second-order valence-corrected chi connectivity index (χ2v) is 5.70. The lowest BCUT2D eigenvalue weighted by Crippen LogP contribution is -2.06. The third-order valence-corrected chi connectivity index (χ3v) is 4.20. The molecule has 1 aliphatic rings. The monoisotopic (exact) mass is 336 g/mol. The highest BCUT2D eigenvalue weighted by Crippen LogP contribution is 2.39. The van der Waals surface area contributed by atoms with Gasteiger partial charge < -0.3 is 14.8 Å². The molecule has 0 aliphatic heterocycles. The molecule has 3 rings (SSSR count). The van der Waals surface area contributed by atoms with Gasteiger partial charge in [-0.2, -0.15) is 0 Å². The lowest BCUT2D eigenvalue weighted by Gasteiger charge is -2.14. The highest BCUT2D eigenvalue weighted by atomic mass is 79.9. The fraction of sp³-hybridized carbons (Fsp3) is 0.286. The molecule has 0 atom stereocenters. The van der Waals surface area contributed by atoms with E-state index in [1.54, 1.807) is 0 Å². The lowest BCUT2D eigenvalue weighted by molar-refractivity contribution is 0.0691. The molecule has 1 heterocycles. The second-order valence-electron chi connectivity index (χ2n) is 4.85. The number of carboxylic acids is 1. The van der Waals surface area contributed by atoms with Crippen molar-refractivity contribution in [1.82, 2.24) is 4.98 Å². The number of halogens is 1. The van der Waals surface area contributed by atoms with Crippen molar-refractivity contribution in [2.45, 2.75) is 25.8 Å². The third-order valence-electron chi connectivity index (χ3n) is 3.34. The first-order chi connectivity index (χ1) is 9.58. The maximum atomic E-state index is 11.2. The maximum Gasteiger partial charge on any atom is 0.358 e. The molecule has 2 N–H and O–H groups in total. The van der Waals surface area contributed by atoms with Crippen LogP contribution in [0.2, 0.25) is 0 Å². The largest absolute Gasteiger partial charge is 0.476 e. The molecule has 0 spiro atoms. The van der Waals surface area contributed by atoms with Gasteiger partial charge in [0.25, 0.3) is 0 Å². The SMILES string of the molecule is Cc1c(Br)ccc(-c2ocnc2C(=O)O)c1NC1CC1. The standard InChI is InChI=1S/C14H13BrN2O3/c1-7-10(15)5-4-9(11(7)17-8-2-3-8)13-12(14(18)19)16-6-20-13/h4-6,8,17H,2-3H2,1H3,(H,18,19). The minimum absolute atomic E-state index is 0.0643. The summed E-state index contributed by atoms with van der Waals surface area (Å²) in [4.78, 5) is 15.0. The Bertz CT molecular complexity index is 677. The highest BCUT2D eigenvalue weighted by molar-refractivity contribution is 9.10. The predicted molar refractivity (Wildman–Crippen MR) is 78.0 cm³/mol. The summed E-state index contributed by atoms with van der Waals surface area (Å²) in [6.07, 6.45) is 3.43. The molecule has 0 bridgehead atoms. The molecule has 1 fully saturated rings. The normalized spacial score (nSPS) is 14.3. The molecule has 1 aromatic carbocycles. The Morgan fingerprint density at radius 1 is 1.50 bits per heavy atom. The number of rotatable bonds is 4. The molecule has 5 nitrogen and oxygen atoms in total. The Morgan fingerprint density at radius 3 is 2.90 bits per heavy atom. The van der Waals surface area contributed by atoms with E-state index in [4.69, 9.17) is 4.42 Å². The van der Waals surface area contributed by atoms with Crippen molar-refractivity contribution in [2.24, 2.45) is 0 Å². The number of nitrogens with zero attached hydrogens (tertiary/aromatic N) is 1. The van der Waals surface area contributed by atoms with E-state index in [-0.39, 0.29) is 11.5 Å². The van der Waals surface area contributed by atoms with E-state index < -0.39 is 5.97 Å². The van der Waals surface area contributed by atoms with Gasteiger partial charge >= 0.3 is 5.97 Å². The van der Waals surface area contributed by atoms with Crippen LogP contribution < -0.4 is 5.32 Å². The number of oxazole rings is 1. The van der Waals surface area contributed by atoms with E-state index >= 15 is 0 Å². The molecule has 0 unspecified atom stereocenters. The number of carbonyl (C=O) groups is 1. The summed E-state index contributed by atoms with van der Waals surface area (Å²) in [5.74, 6) is -0.803. The first-order valence-electron chi connectivity index (χ1n) is 6.30. The number of hydrogen-bond acceptors (Lipinski definition) is 4. The molecule has 0 amide bonds. The summed E-state index contributed by atoms with van der Waals surface area (Å²) in [5.41, 5.74) is 2.60. The first-order valence-corrected chi connectivity index (χ1v) is 7.10. The average molecular weight is 337 g/mol. The van der Waals surface area contributed by atoms with Crippen LogP contribution >= 0.6 is 15.9 Å². The predicted octanol–water partition coefficient (Wildman–Crippen LogP) is 3.69. The van der Waals surface area contributed by atoms with Crippen molar-refractivity contribution in [3.05, 3.63) is 34.3 Å². The Morgan fingerprint density at radius 2 is 2.25 bits per heavy atom. The van der Waals surface area contributed by atoms with Gasteiger partial charge in [0.05, 0.1) is 0 Å². The number of anilines is 1. The van der Waals surface area contributed by atoms with Gasteiger partial charge in [-0.15, -0.1) is 0 Å². The molecule has 2 aromatic rings. The summed E-state index contributed by atoms with van der Waals surface area (Å²) in [6, 6.07) is 4.18. The Labute approximate surface area is 124 Å². The van der Waals surface area contributed by atoms with E-state index in [0.29, 0.717) is 6.04 Å². The summed E-state index contributed by atoms with van der Waals surface area (Å²) in [5, 5.41) is 12.6. The smallest absolute Gasteiger partial charge is 0.358 e. The van der Waals surface area contributed by atoms with Crippen LogP contribution in [-0.2, 0) is 0 Å². The van der Waals surface area contributed by atoms with Gasteiger partial charge in [0, 0.05) is 21.8 Å². The molecule has 1 aliphatic carbocycles. The Kier molecular flexibility index (Phi) is 3.25. The van der Waals surface area contributed by atoms with Gasteiger partial charge in [-0.05, 0) is 37.5 Å². The molecule has 1 saturated carbocycles. The number of aromatic carboxylic acids is 1. The molecule has 20 heavy (non-hydrogen) atoms. The molecular formula is C14H13BrN2O3. The van der Waals surface area contributed by atoms with E-state index in [1.807, 2.05) is 19.1 Å². The molecule has 6 heteroatoms. The fourth-order valence-electron chi connectivity index (χ4n) is 2.08. The Hall–Kier alpha value is -1.82. The van der Waals surface area contributed by atoms with Crippen LogP contribution in [0, 0.1) is 6.92 Å². The van der Waals surface area contributed by atoms with Crippen molar-refractivity contribution >= 4 is 27.6 Å². The highest BCUT2D eigenvalue weighted by Gasteiger charge is 2.26. The minimum Gasteiger partial charge on any atom is -0.476 e. The van der Waals surface area contributed by atoms with Gasteiger partial charge in [0.1, 0.15) is 0 Å². The molecule has 0 saturated heterocycles. The number of carboxylic acid groups (broad SMARTS) is 1. The lowest BCUT2D eigenvalue weighted by atomic mass is 10.0. The van der Waals surface area contributed by atoms with E-state index in [2.05, 4.69) is 26.2 Å². The van der Waals surface area contributed by atoms with Crippen molar-refractivity contribution in [3.8, 4) is 11.3 Å². The third kappa shape index (κ3) is 2.31. The van der Waals surface area contributed by atoms with Crippen LogP contribution in [0.4, 0.5) is 5.69 Å². The first kappa shape index (κ1) is 13.2. The zero-order chi connectivity index (χ0) is 14.3. The molecular weight excluding hydrogens is 324 g/mol. The quantitative estimate of drug-likeness (QED) is 0.890. The molecule has 104 valence electrons. The summed E-state index contributed by atoms with van der Waals surface area (Å²) >= 11 is 3.50. The average Bonchev–Trinajstić information content (AvgIpc) is 3.08. The second kappa shape index (κ2) is 4.94. The van der Waals surface area contributed by atoms with Gasteiger partial charge in [-0.1, -0.05) is 15.9 Å². The van der Waals surface area contributed by atoms with Crippen LogP contribution in [0.5, 0.6) is 0 Å². The van der Waals surface area contributed by atoms with Crippen LogP contribution in [0.25, 0.3) is 11.3 Å². The van der Waals surface area contributed by atoms with E-state index in [9.17, 15) is 9.90 Å². The van der Waals surface area contributed by atoms with Crippen LogP contribution in [0.1, 0.15) is 28.9 Å². The molecule has 1 aromatic heterocycles. The van der Waals surface area contributed by atoms with E-state index in [0.717, 1.165) is 40.5 Å². The van der Waals surface area contributed by atoms with Crippen molar-refractivity contribution in [1.29, 1.82) is 0 Å². The number of aromatic nitrogens is 1. The van der Waals surface area contributed by atoms with Crippen molar-refractivity contribution < 1.29 is 14.3 Å². The molecule has 0 radical (unpaired) electrons. The summed E-state index contributed by atoms with van der Waals surface area (Å²) in [6.45, 7) is 1.98. The summed E-state index contributed by atoms with van der Waals surface area (Å²) in [7, 11) is 0. The maximum absolute atomic E-state index is 11.2. The topological polar surface area (TPSA) is 75.4 Å². The number of hydrogen-bond donors (Lipinski definition) is 2. The van der Waals surface area contributed by atoms with E-state index in [1.165, 1.54) is 0 Å². The van der Waals surface area contributed by atoms with Crippen molar-refractivity contribution in [2.75, 3.05) is 5.32 Å². The minimum atomic E-state index is -1.09. The van der Waals surface area contributed by atoms with Gasteiger partial charge in [-0.3, -0.25) is 0 Å². The zero-order valence-corrected chi connectivity index (χ0v) is 12.4. The van der Waals surface area contributed by atoms with Crippen molar-refractivity contribution in [3.63, 3.8) is 0 Å².